The zero-order chi connectivity index (χ0) is 26.4. The van der Waals surface area contributed by atoms with Crippen LogP contribution in [0.15, 0.2) is 48.5 Å². The molecule has 200 valence electrons. The lowest BCUT2D eigenvalue weighted by Crippen LogP contribution is -2.49. The number of hydrogen-bond acceptors (Lipinski definition) is 7. The number of carbonyl (C=O) groups excluding carboxylic acids is 2. The molecule has 0 aromatic heterocycles. The van der Waals surface area contributed by atoms with Gasteiger partial charge in [0.25, 0.3) is 0 Å². The van der Waals surface area contributed by atoms with Gasteiger partial charge in [-0.1, -0.05) is 6.07 Å². The molecule has 37 heavy (non-hydrogen) atoms. The lowest BCUT2D eigenvalue weighted by atomic mass is 10.1. The highest BCUT2D eigenvalue weighted by molar-refractivity contribution is 7.89. The molecule has 2 aliphatic heterocycles. The molecule has 0 bridgehead atoms. The predicted molar refractivity (Wildman–Crippen MR) is 142 cm³/mol. The minimum absolute atomic E-state index is 0.0324. The van der Waals surface area contributed by atoms with Gasteiger partial charge in [0, 0.05) is 63.1 Å². The predicted octanol–water partition coefficient (Wildman–Crippen LogP) is 1.72. The van der Waals surface area contributed by atoms with Crippen LogP contribution in [0.2, 0.25) is 0 Å². The van der Waals surface area contributed by atoms with Crippen LogP contribution in [0.1, 0.15) is 12.8 Å². The number of carbonyl (C=O) groups is 2. The van der Waals surface area contributed by atoms with Gasteiger partial charge < -0.3 is 24.6 Å². The molecule has 4 rings (SSSR count). The molecule has 2 aliphatic rings. The molecule has 11 heteroatoms. The number of methoxy groups -OCH3 is 2. The molecular formula is C26H34N4O6S. The summed E-state index contributed by atoms with van der Waals surface area (Å²) in [4.78, 5) is 28.9. The van der Waals surface area contributed by atoms with E-state index >= 15 is 0 Å². The second-order valence-electron chi connectivity index (χ2n) is 9.15. The molecule has 2 aromatic rings. The zero-order valence-corrected chi connectivity index (χ0v) is 22.1. The quantitative estimate of drug-likeness (QED) is 0.466. The lowest BCUT2D eigenvalue weighted by molar-refractivity contribution is -0.126. The van der Waals surface area contributed by atoms with Gasteiger partial charge in [-0.2, -0.15) is 4.31 Å². The number of hydrogen-bond donors (Lipinski definition) is 1. The van der Waals surface area contributed by atoms with Crippen molar-refractivity contribution in [2.45, 2.75) is 12.8 Å². The SMILES string of the molecule is COc1ccc(N2CCN(S(=O)(=O)CCCNC(=O)C3CC(=O)N(c4cccc(OC)c4)C3)CC2)cc1. The average Bonchev–Trinajstić information content (AvgIpc) is 3.33. The van der Waals surface area contributed by atoms with Crippen molar-refractivity contribution in [3.05, 3.63) is 48.5 Å². The summed E-state index contributed by atoms with van der Waals surface area (Å²) in [6.07, 6.45) is 0.437. The first kappa shape index (κ1) is 26.7. The molecule has 2 fully saturated rings. The molecule has 2 aromatic carbocycles. The highest BCUT2D eigenvalue weighted by Gasteiger charge is 2.35. The maximum absolute atomic E-state index is 12.8. The molecular weight excluding hydrogens is 496 g/mol. The normalized spacial score (nSPS) is 18.6. The van der Waals surface area contributed by atoms with E-state index in [-0.39, 0.29) is 37.1 Å². The summed E-state index contributed by atoms with van der Waals surface area (Å²) >= 11 is 0. The third-order valence-corrected chi connectivity index (χ3v) is 8.77. The van der Waals surface area contributed by atoms with E-state index in [4.69, 9.17) is 9.47 Å². The maximum atomic E-state index is 12.8. The fourth-order valence-electron chi connectivity index (χ4n) is 4.67. The molecule has 0 saturated carbocycles. The summed E-state index contributed by atoms with van der Waals surface area (Å²) < 4.78 is 37.6. The number of nitrogens with one attached hydrogen (secondary N) is 1. The molecule has 0 spiro atoms. The monoisotopic (exact) mass is 530 g/mol. The van der Waals surface area contributed by atoms with Gasteiger partial charge in [0.2, 0.25) is 21.8 Å². The van der Waals surface area contributed by atoms with Gasteiger partial charge in [-0.15, -0.1) is 0 Å². The van der Waals surface area contributed by atoms with Crippen LogP contribution in [0.4, 0.5) is 11.4 Å². The summed E-state index contributed by atoms with van der Waals surface area (Å²) in [7, 11) is -0.234. The van der Waals surface area contributed by atoms with Crippen LogP contribution in [0.25, 0.3) is 0 Å². The molecule has 0 radical (unpaired) electrons. The molecule has 2 heterocycles. The number of benzene rings is 2. The number of anilines is 2. The van der Waals surface area contributed by atoms with Crippen molar-refractivity contribution < 1.29 is 27.5 Å². The summed E-state index contributed by atoms with van der Waals surface area (Å²) in [5.74, 6) is 0.567. The Hall–Kier alpha value is -3.31. The van der Waals surface area contributed by atoms with Gasteiger partial charge >= 0.3 is 0 Å². The van der Waals surface area contributed by atoms with E-state index in [2.05, 4.69) is 10.2 Å². The smallest absolute Gasteiger partial charge is 0.227 e. The molecule has 2 saturated heterocycles. The largest absolute Gasteiger partial charge is 0.497 e. The second-order valence-corrected chi connectivity index (χ2v) is 11.2. The third-order valence-electron chi connectivity index (χ3n) is 6.81. The van der Waals surface area contributed by atoms with Crippen molar-refractivity contribution in [3.63, 3.8) is 0 Å². The number of rotatable bonds is 10. The first-order valence-electron chi connectivity index (χ1n) is 12.4. The molecule has 2 amide bonds. The Morgan fingerprint density at radius 3 is 2.35 bits per heavy atom. The van der Waals surface area contributed by atoms with Crippen LogP contribution < -0.4 is 24.6 Å². The lowest BCUT2D eigenvalue weighted by Gasteiger charge is -2.35. The fraction of sp³-hybridized carbons (Fsp3) is 0.462. The Morgan fingerprint density at radius 2 is 1.68 bits per heavy atom. The molecule has 1 unspecified atom stereocenters. The van der Waals surface area contributed by atoms with Crippen LogP contribution in [-0.4, -0.2) is 83.8 Å². The van der Waals surface area contributed by atoms with Crippen LogP contribution in [0.5, 0.6) is 11.5 Å². The van der Waals surface area contributed by atoms with Crippen LogP contribution >= 0.6 is 0 Å². The number of nitrogens with zero attached hydrogens (tertiary/aromatic N) is 3. The van der Waals surface area contributed by atoms with Crippen molar-refractivity contribution in [1.82, 2.24) is 9.62 Å². The van der Waals surface area contributed by atoms with Crippen LogP contribution in [0.3, 0.4) is 0 Å². The first-order valence-corrected chi connectivity index (χ1v) is 14.0. The van der Waals surface area contributed by atoms with E-state index in [0.717, 1.165) is 11.4 Å². The number of ether oxygens (including phenoxy) is 2. The minimum Gasteiger partial charge on any atom is -0.497 e. The van der Waals surface area contributed by atoms with E-state index in [9.17, 15) is 18.0 Å². The van der Waals surface area contributed by atoms with Crippen molar-refractivity contribution in [2.24, 2.45) is 5.92 Å². The van der Waals surface area contributed by atoms with Gasteiger partial charge in [-0.25, -0.2) is 8.42 Å². The van der Waals surface area contributed by atoms with Gasteiger partial charge in [0.1, 0.15) is 11.5 Å². The molecule has 1 N–H and O–H groups in total. The Kier molecular flexibility index (Phi) is 8.55. The van der Waals surface area contributed by atoms with Crippen molar-refractivity contribution in [3.8, 4) is 11.5 Å². The summed E-state index contributed by atoms with van der Waals surface area (Å²) in [6.45, 7) is 2.60. The second kappa shape index (κ2) is 11.8. The topological polar surface area (TPSA) is 108 Å². The highest BCUT2D eigenvalue weighted by atomic mass is 32.2. The summed E-state index contributed by atoms with van der Waals surface area (Å²) in [5, 5.41) is 2.81. The Bertz CT molecular complexity index is 1200. The van der Waals surface area contributed by atoms with Gasteiger partial charge in [-0.05, 0) is 42.8 Å². The van der Waals surface area contributed by atoms with Crippen molar-refractivity contribution in [2.75, 3.05) is 69.0 Å². The van der Waals surface area contributed by atoms with E-state index in [1.807, 2.05) is 30.3 Å². The summed E-state index contributed by atoms with van der Waals surface area (Å²) in [5.41, 5.74) is 1.73. The van der Waals surface area contributed by atoms with Crippen molar-refractivity contribution in [1.29, 1.82) is 0 Å². The molecule has 0 aliphatic carbocycles. The van der Waals surface area contributed by atoms with E-state index in [1.165, 1.54) is 4.31 Å². The van der Waals surface area contributed by atoms with Gasteiger partial charge in [0.05, 0.1) is 25.9 Å². The highest BCUT2D eigenvalue weighted by Crippen LogP contribution is 2.28. The van der Waals surface area contributed by atoms with Gasteiger partial charge in [-0.3, -0.25) is 9.59 Å². The average molecular weight is 531 g/mol. The van der Waals surface area contributed by atoms with Crippen molar-refractivity contribution >= 4 is 33.2 Å². The van der Waals surface area contributed by atoms with Crippen LogP contribution in [-0.2, 0) is 19.6 Å². The van der Waals surface area contributed by atoms with E-state index in [0.29, 0.717) is 44.0 Å². The van der Waals surface area contributed by atoms with E-state index in [1.54, 1.807) is 37.3 Å². The molecule has 10 nitrogen and oxygen atoms in total. The molecule has 1 atom stereocenters. The van der Waals surface area contributed by atoms with E-state index < -0.39 is 15.9 Å². The summed E-state index contributed by atoms with van der Waals surface area (Å²) in [6, 6.07) is 14.9. The first-order chi connectivity index (χ1) is 17.8. The third kappa shape index (κ3) is 6.53. The Morgan fingerprint density at radius 1 is 0.973 bits per heavy atom. The Labute approximate surface area is 218 Å². The standard InChI is InChI=1S/C26H34N4O6S/c1-35-23-9-7-21(8-10-23)28-12-14-29(15-13-28)37(33,34)16-4-11-27-26(32)20-17-25(31)30(19-20)22-5-3-6-24(18-22)36-2/h3,5-10,18,20H,4,11-17,19H2,1-2H3,(H,27,32). The minimum atomic E-state index is -3.42. The van der Waals surface area contributed by atoms with Gasteiger partial charge in [0.15, 0.2) is 0 Å². The number of amides is 2. The Balaban J connectivity index is 1.19. The zero-order valence-electron chi connectivity index (χ0n) is 21.3. The number of piperazine rings is 1. The number of sulfonamides is 1. The fourth-order valence-corrected chi connectivity index (χ4v) is 6.16. The maximum Gasteiger partial charge on any atom is 0.227 e. The van der Waals surface area contributed by atoms with Crippen LogP contribution in [0, 0.1) is 5.92 Å².